The molecule has 1 amide bonds. The molecular formula is C18H24ClNO3. The minimum Gasteiger partial charge on any atom is -0.392 e. The second kappa shape index (κ2) is 6.42. The summed E-state index contributed by atoms with van der Waals surface area (Å²) in [5.74, 6) is -0.0182. The molecule has 1 spiro atoms. The summed E-state index contributed by atoms with van der Waals surface area (Å²) in [7, 11) is 0. The molecule has 1 heterocycles. The molecule has 2 unspecified atom stereocenters. The van der Waals surface area contributed by atoms with Crippen LogP contribution in [0.1, 0.15) is 42.1 Å². The predicted octanol–water partition coefficient (Wildman–Crippen LogP) is 3.04. The van der Waals surface area contributed by atoms with Gasteiger partial charge in [-0.3, -0.25) is 4.79 Å². The number of halogens is 1. The average molecular weight is 338 g/mol. The van der Waals surface area contributed by atoms with E-state index in [9.17, 15) is 9.90 Å². The molecule has 3 rings (SSSR count). The Labute approximate surface area is 142 Å². The van der Waals surface area contributed by atoms with Crippen molar-refractivity contribution >= 4 is 17.5 Å². The Morgan fingerprint density at radius 2 is 2.13 bits per heavy atom. The van der Waals surface area contributed by atoms with Crippen LogP contribution in [-0.2, 0) is 4.74 Å². The quantitative estimate of drug-likeness (QED) is 0.922. The number of piperidine rings is 1. The van der Waals surface area contributed by atoms with Gasteiger partial charge in [0, 0.05) is 31.5 Å². The monoisotopic (exact) mass is 337 g/mol. The van der Waals surface area contributed by atoms with Gasteiger partial charge in [-0.15, -0.1) is 0 Å². The summed E-state index contributed by atoms with van der Waals surface area (Å²) >= 11 is 6.28. The van der Waals surface area contributed by atoms with Crippen molar-refractivity contribution in [2.45, 2.75) is 45.3 Å². The van der Waals surface area contributed by atoms with Crippen molar-refractivity contribution in [1.29, 1.82) is 0 Å². The van der Waals surface area contributed by atoms with E-state index in [1.54, 1.807) is 6.07 Å². The number of hydrogen-bond donors (Lipinski definition) is 1. The normalized spacial score (nSPS) is 26.2. The highest BCUT2D eigenvalue weighted by Crippen LogP contribution is 2.51. The number of nitrogens with zero attached hydrogens (tertiary/aromatic N) is 1. The van der Waals surface area contributed by atoms with Crippen LogP contribution < -0.4 is 0 Å². The Morgan fingerprint density at radius 1 is 1.43 bits per heavy atom. The number of amides is 1. The molecule has 2 fully saturated rings. The van der Waals surface area contributed by atoms with Crippen LogP contribution >= 0.6 is 11.6 Å². The predicted molar refractivity (Wildman–Crippen MR) is 89.8 cm³/mol. The highest BCUT2D eigenvalue weighted by atomic mass is 35.5. The van der Waals surface area contributed by atoms with Gasteiger partial charge in [0.05, 0.1) is 22.8 Å². The Balaban J connectivity index is 1.69. The van der Waals surface area contributed by atoms with Crippen molar-refractivity contribution in [2.24, 2.45) is 5.41 Å². The number of hydrogen-bond acceptors (Lipinski definition) is 3. The van der Waals surface area contributed by atoms with Gasteiger partial charge in [-0.2, -0.15) is 0 Å². The van der Waals surface area contributed by atoms with Crippen molar-refractivity contribution in [3.8, 4) is 0 Å². The van der Waals surface area contributed by atoms with Crippen LogP contribution in [0.15, 0.2) is 18.2 Å². The number of aliphatic hydroxyl groups is 1. The van der Waals surface area contributed by atoms with Gasteiger partial charge in [0.2, 0.25) is 0 Å². The van der Waals surface area contributed by atoms with Crippen LogP contribution in [0.3, 0.4) is 0 Å². The lowest BCUT2D eigenvalue weighted by Crippen LogP contribution is -2.62. The number of aryl methyl sites for hydroxylation is 1. The summed E-state index contributed by atoms with van der Waals surface area (Å²) in [6.07, 6.45) is 2.11. The number of likely N-dealkylation sites (tertiary alicyclic amines) is 1. The van der Waals surface area contributed by atoms with E-state index >= 15 is 0 Å². The summed E-state index contributed by atoms with van der Waals surface area (Å²) in [6, 6.07) is 5.55. The van der Waals surface area contributed by atoms with Gasteiger partial charge in [-0.25, -0.2) is 0 Å². The van der Waals surface area contributed by atoms with E-state index in [0.29, 0.717) is 36.7 Å². The lowest BCUT2D eigenvalue weighted by molar-refractivity contribution is -0.207. The van der Waals surface area contributed by atoms with Crippen molar-refractivity contribution in [1.82, 2.24) is 4.90 Å². The van der Waals surface area contributed by atoms with Crippen LogP contribution in [0.2, 0.25) is 5.02 Å². The fourth-order valence-electron chi connectivity index (χ4n) is 3.93. The highest BCUT2D eigenvalue weighted by molar-refractivity contribution is 6.34. The first-order chi connectivity index (χ1) is 11.0. The Kier molecular flexibility index (Phi) is 4.68. The maximum Gasteiger partial charge on any atom is 0.255 e. The standard InChI is InChI=1S/C18H24ClNO3/c1-3-23-15-11-14(21)18(15)7-9-20(10-8-18)17(22)13-6-4-5-12(2)16(13)19/h4-6,14-15,21H,3,7-11H2,1-2H3. The van der Waals surface area contributed by atoms with Gasteiger partial charge < -0.3 is 14.7 Å². The van der Waals surface area contributed by atoms with Crippen molar-refractivity contribution in [3.63, 3.8) is 0 Å². The molecule has 2 atom stereocenters. The first kappa shape index (κ1) is 16.7. The molecule has 126 valence electrons. The Hall–Kier alpha value is -1.10. The number of ether oxygens (including phenoxy) is 1. The van der Waals surface area contributed by atoms with E-state index in [1.165, 1.54) is 0 Å². The maximum absolute atomic E-state index is 12.7. The fourth-order valence-corrected chi connectivity index (χ4v) is 4.13. The third-order valence-corrected chi connectivity index (χ3v) is 6.02. The van der Waals surface area contributed by atoms with E-state index in [4.69, 9.17) is 16.3 Å². The van der Waals surface area contributed by atoms with Crippen LogP contribution in [0, 0.1) is 12.3 Å². The van der Waals surface area contributed by atoms with Gasteiger partial charge in [0.1, 0.15) is 0 Å². The minimum atomic E-state index is -0.307. The zero-order chi connectivity index (χ0) is 16.6. The summed E-state index contributed by atoms with van der Waals surface area (Å²) in [5.41, 5.74) is 1.32. The molecule has 23 heavy (non-hydrogen) atoms. The van der Waals surface area contributed by atoms with Crippen LogP contribution in [0.4, 0.5) is 0 Å². The molecule has 1 aliphatic heterocycles. The van der Waals surface area contributed by atoms with Gasteiger partial charge >= 0.3 is 0 Å². The van der Waals surface area contributed by atoms with E-state index < -0.39 is 0 Å². The highest BCUT2D eigenvalue weighted by Gasteiger charge is 2.56. The zero-order valence-electron chi connectivity index (χ0n) is 13.7. The molecule has 0 aromatic heterocycles. The number of rotatable bonds is 3. The van der Waals surface area contributed by atoms with Gasteiger partial charge in [0.25, 0.3) is 5.91 Å². The summed E-state index contributed by atoms with van der Waals surface area (Å²) in [4.78, 5) is 14.6. The second-order valence-electron chi connectivity index (χ2n) is 6.66. The molecule has 4 nitrogen and oxygen atoms in total. The lowest BCUT2D eigenvalue weighted by Gasteiger charge is -2.56. The van der Waals surface area contributed by atoms with E-state index in [-0.39, 0.29) is 23.5 Å². The van der Waals surface area contributed by atoms with E-state index in [2.05, 4.69) is 0 Å². The van der Waals surface area contributed by atoms with Crippen LogP contribution in [0.25, 0.3) is 0 Å². The van der Waals surface area contributed by atoms with Gasteiger partial charge in [-0.1, -0.05) is 23.7 Å². The first-order valence-corrected chi connectivity index (χ1v) is 8.71. The summed E-state index contributed by atoms with van der Waals surface area (Å²) < 4.78 is 5.77. The van der Waals surface area contributed by atoms with Crippen LogP contribution in [0.5, 0.6) is 0 Å². The Bertz CT molecular complexity index is 594. The van der Waals surface area contributed by atoms with E-state index in [1.807, 2.05) is 30.9 Å². The number of aliphatic hydroxyl groups excluding tert-OH is 1. The topological polar surface area (TPSA) is 49.8 Å². The largest absolute Gasteiger partial charge is 0.392 e. The molecule has 2 aliphatic rings. The smallest absolute Gasteiger partial charge is 0.255 e. The molecule has 1 aliphatic carbocycles. The number of benzene rings is 1. The third kappa shape index (κ3) is 2.77. The minimum absolute atomic E-state index is 0.0182. The van der Waals surface area contributed by atoms with Crippen molar-refractivity contribution in [3.05, 3.63) is 34.3 Å². The van der Waals surface area contributed by atoms with Gasteiger partial charge in [0.15, 0.2) is 0 Å². The molecular weight excluding hydrogens is 314 g/mol. The fraction of sp³-hybridized carbons (Fsp3) is 0.611. The van der Waals surface area contributed by atoms with Crippen LogP contribution in [-0.4, -0.2) is 47.8 Å². The zero-order valence-corrected chi connectivity index (χ0v) is 14.5. The molecule has 1 saturated carbocycles. The Morgan fingerprint density at radius 3 is 2.74 bits per heavy atom. The molecule has 0 bridgehead atoms. The molecule has 1 saturated heterocycles. The summed E-state index contributed by atoms with van der Waals surface area (Å²) in [6.45, 7) is 5.84. The van der Waals surface area contributed by atoms with E-state index in [0.717, 1.165) is 18.4 Å². The second-order valence-corrected chi connectivity index (χ2v) is 7.04. The SMILES string of the molecule is CCOC1CC(O)C12CCN(C(=O)c1cccc(C)c1Cl)CC2. The van der Waals surface area contributed by atoms with Gasteiger partial charge in [-0.05, 0) is 38.3 Å². The maximum atomic E-state index is 12.7. The van der Waals surface area contributed by atoms with Crippen molar-refractivity contribution < 1.29 is 14.6 Å². The lowest BCUT2D eigenvalue weighted by atomic mass is 9.58. The molecule has 1 aromatic rings. The third-order valence-electron chi connectivity index (χ3n) is 5.51. The average Bonchev–Trinajstić information content (AvgIpc) is 2.57. The molecule has 0 radical (unpaired) electrons. The molecule has 5 heteroatoms. The molecule has 1 aromatic carbocycles. The summed E-state index contributed by atoms with van der Waals surface area (Å²) in [5, 5.41) is 10.8. The van der Waals surface area contributed by atoms with Crippen molar-refractivity contribution in [2.75, 3.05) is 19.7 Å². The number of carbonyl (C=O) groups excluding carboxylic acids is 1. The first-order valence-electron chi connectivity index (χ1n) is 8.33. The number of carbonyl (C=O) groups is 1. The molecule has 1 N–H and O–H groups in total.